The van der Waals surface area contributed by atoms with Crippen LogP contribution in [0.2, 0.25) is 0 Å². The highest BCUT2D eigenvalue weighted by Crippen LogP contribution is 2.27. The van der Waals surface area contributed by atoms with Gasteiger partial charge in [0.05, 0.1) is 24.8 Å². The first-order valence-corrected chi connectivity index (χ1v) is 16.0. The molecule has 9 nitrogen and oxygen atoms in total. The molecule has 0 aliphatic heterocycles. The number of nitrogens with zero attached hydrogens (tertiary/aromatic N) is 2. The van der Waals surface area contributed by atoms with E-state index in [4.69, 9.17) is 9.47 Å². The van der Waals surface area contributed by atoms with Crippen LogP contribution in [0.1, 0.15) is 25.0 Å². The normalized spacial score (nSPS) is 11.8. The second-order valence-corrected chi connectivity index (χ2v) is 12.6. The van der Waals surface area contributed by atoms with Crippen molar-refractivity contribution < 1.29 is 27.5 Å². The highest BCUT2D eigenvalue weighted by molar-refractivity contribution is 7.92. The molecule has 1 N–H and O–H groups in total. The molecule has 0 saturated heterocycles. The van der Waals surface area contributed by atoms with Gasteiger partial charge in [-0.05, 0) is 73.5 Å². The molecule has 0 radical (unpaired) electrons. The van der Waals surface area contributed by atoms with E-state index in [-0.39, 0.29) is 35.5 Å². The lowest BCUT2D eigenvalue weighted by Crippen LogP contribution is -2.54. The quantitative estimate of drug-likeness (QED) is 0.209. The fraction of sp³-hybridized carbons (Fsp3) is 0.257. The summed E-state index contributed by atoms with van der Waals surface area (Å²) in [5, 5.41) is 2.96. The van der Waals surface area contributed by atoms with Gasteiger partial charge in [0, 0.05) is 19.0 Å². The lowest BCUT2D eigenvalue weighted by Gasteiger charge is -2.34. The van der Waals surface area contributed by atoms with Crippen LogP contribution in [0.25, 0.3) is 0 Å². The minimum atomic E-state index is -4.19. The Morgan fingerprint density at radius 3 is 1.96 bits per heavy atom. The number of carbonyl (C=O) groups is 2. The number of methoxy groups -OCH3 is 2. The highest BCUT2D eigenvalue weighted by atomic mass is 32.2. The molecule has 0 unspecified atom stereocenters. The van der Waals surface area contributed by atoms with Crippen LogP contribution >= 0.6 is 0 Å². The Morgan fingerprint density at radius 2 is 1.36 bits per heavy atom. The Labute approximate surface area is 265 Å². The number of carbonyl (C=O) groups excluding carboxylic acids is 2. The van der Waals surface area contributed by atoms with Crippen LogP contribution in [0.3, 0.4) is 0 Å². The van der Waals surface area contributed by atoms with Crippen molar-refractivity contribution in [3.05, 3.63) is 120 Å². The van der Waals surface area contributed by atoms with Gasteiger partial charge in [-0.1, -0.05) is 60.7 Å². The molecular formula is C35H39N3O6S. The minimum Gasteiger partial charge on any atom is -0.497 e. The maximum atomic E-state index is 14.5. The summed E-state index contributed by atoms with van der Waals surface area (Å²) in [4.78, 5) is 29.8. The summed E-state index contributed by atoms with van der Waals surface area (Å²) in [5.41, 5.74) is 1.86. The monoisotopic (exact) mass is 629 g/mol. The van der Waals surface area contributed by atoms with Crippen LogP contribution in [0.15, 0.2) is 114 Å². The van der Waals surface area contributed by atoms with Crippen molar-refractivity contribution in [2.24, 2.45) is 0 Å². The second-order valence-electron chi connectivity index (χ2n) is 10.8. The predicted octanol–water partition coefficient (Wildman–Crippen LogP) is 5.06. The molecule has 0 fully saturated rings. The largest absolute Gasteiger partial charge is 0.497 e. The third kappa shape index (κ3) is 8.63. The fourth-order valence-corrected chi connectivity index (χ4v) is 6.33. The third-order valence-electron chi connectivity index (χ3n) is 7.16. The molecule has 4 rings (SSSR count). The molecule has 0 heterocycles. The van der Waals surface area contributed by atoms with Crippen LogP contribution in [-0.4, -0.2) is 58.0 Å². The van der Waals surface area contributed by atoms with Crippen LogP contribution in [0, 0.1) is 0 Å². The summed E-state index contributed by atoms with van der Waals surface area (Å²) in [7, 11) is -1.12. The molecule has 4 aromatic carbocycles. The lowest BCUT2D eigenvalue weighted by atomic mass is 10.0. The molecule has 4 aromatic rings. The van der Waals surface area contributed by atoms with Gasteiger partial charge in [-0.3, -0.25) is 13.9 Å². The SMILES string of the molecule is COc1ccc(N(CC(=O)N(Cc2cccc(OC)c2)[C@@H](Cc2ccccc2)C(=O)NC(C)C)S(=O)(=O)c2ccccc2)cc1. The number of hydrogen-bond donors (Lipinski definition) is 1. The maximum absolute atomic E-state index is 14.5. The summed E-state index contributed by atoms with van der Waals surface area (Å²) in [5.74, 6) is 0.243. The Kier molecular flexibility index (Phi) is 11.2. The highest BCUT2D eigenvalue weighted by Gasteiger charge is 2.34. The van der Waals surface area contributed by atoms with E-state index < -0.39 is 28.5 Å². The number of hydrogen-bond acceptors (Lipinski definition) is 6. The van der Waals surface area contributed by atoms with Crippen molar-refractivity contribution in [1.29, 1.82) is 0 Å². The van der Waals surface area contributed by atoms with E-state index in [1.54, 1.807) is 67.8 Å². The van der Waals surface area contributed by atoms with E-state index in [9.17, 15) is 18.0 Å². The van der Waals surface area contributed by atoms with Gasteiger partial charge in [0.25, 0.3) is 10.0 Å². The zero-order chi connectivity index (χ0) is 32.4. The van der Waals surface area contributed by atoms with Crippen molar-refractivity contribution in [2.45, 2.75) is 43.8 Å². The molecule has 0 aromatic heterocycles. The number of rotatable bonds is 14. The first-order chi connectivity index (χ1) is 21.6. The Morgan fingerprint density at radius 1 is 0.756 bits per heavy atom. The first kappa shape index (κ1) is 33.1. The molecule has 0 aliphatic rings. The van der Waals surface area contributed by atoms with Crippen molar-refractivity contribution in [1.82, 2.24) is 10.2 Å². The van der Waals surface area contributed by atoms with Gasteiger partial charge < -0.3 is 19.7 Å². The minimum absolute atomic E-state index is 0.0337. The van der Waals surface area contributed by atoms with E-state index in [0.717, 1.165) is 15.4 Å². The number of ether oxygens (including phenoxy) is 2. The van der Waals surface area contributed by atoms with Crippen molar-refractivity contribution in [3.63, 3.8) is 0 Å². The number of benzene rings is 4. The molecular weight excluding hydrogens is 590 g/mol. The molecule has 10 heteroatoms. The van der Waals surface area contributed by atoms with E-state index in [1.165, 1.54) is 24.1 Å². The zero-order valence-corrected chi connectivity index (χ0v) is 26.7. The van der Waals surface area contributed by atoms with Crippen LogP contribution in [0.4, 0.5) is 5.69 Å². The summed E-state index contributed by atoms with van der Waals surface area (Å²) in [6.45, 7) is 3.20. The van der Waals surface area contributed by atoms with Gasteiger partial charge in [-0.2, -0.15) is 0 Å². The standard InChI is InChI=1S/C35H39N3O6S/c1-26(2)36-35(40)33(23-27-12-7-5-8-13-27)37(24-28-14-11-15-31(22-28)44-4)34(39)25-38(29-18-20-30(43-3)21-19-29)45(41,42)32-16-9-6-10-17-32/h5-22,26,33H,23-25H2,1-4H3,(H,36,40)/t33-/m0/s1. The van der Waals surface area contributed by atoms with Crippen molar-refractivity contribution in [3.8, 4) is 11.5 Å². The van der Waals surface area contributed by atoms with E-state index in [1.807, 2.05) is 50.2 Å². The number of nitrogens with one attached hydrogen (secondary N) is 1. The summed E-state index contributed by atoms with van der Waals surface area (Å²) < 4.78 is 39.9. The van der Waals surface area contributed by atoms with Gasteiger partial charge in [0.1, 0.15) is 24.1 Å². The van der Waals surface area contributed by atoms with Gasteiger partial charge in [-0.25, -0.2) is 8.42 Å². The molecule has 2 amide bonds. The van der Waals surface area contributed by atoms with Gasteiger partial charge in [0.2, 0.25) is 11.8 Å². The van der Waals surface area contributed by atoms with E-state index in [0.29, 0.717) is 11.5 Å². The number of anilines is 1. The van der Waals surface area contributed by atoms with Gasteiger partial charge >= 0.3 is 0 Å². The molecule has 236 valence electrons. The fourth-order valence-electron chi connectivity index (χ4n) is 4.90. The van der Waals surface area contributed by atoms with Crippen LogP contribution in [-0.2, 0) is 32.6 Å². The smallest absolute Gasteiger partial charge is 0.264 e. The summed E-state index contributed by atoms with van der Waals surface area (Å²) >= 11 is 0. The molecule has 0 saturated carbocycles. The Hall–Kier alpha value is -4.83. The van der Waals surface area contributed by atoms with Crippen LogP contribution < -0.4 is 19.1 Å². The average Bonchev–Trinajstić information content (AvgIpc) is 3.05. The average molecular weight is 630 g/mol. The van der Waals surface area contributed by atoms with E-state index >= 15 is 0 Å². The Balaban J connectivity index is 1.81. The zero-order valence-electron chi connectivity index (χ0n) is 25.9. The second kappa shape index (κ2) is 15.3. The third-order valence-corrected chi connectivity index (χ3v) is 8.95. The number of sulfonamides is 1. The van der Waals surface area contributed by atoms with Crippen molar-refractivity contribution >= 4 is 27.5 Å². The molecule has 1 atom stereocenters. The number of amides is 2. The summed E-state index contributed by atoms with van der Waals surface area (Å²) in [6.07, 6.45) is 0.225. The van der Waals surface area contributed by atoms with Crippen LogP contribution in [0.5, 0.6) is 11.5 Å². The maximum Gasteiger partial charge on any atom is 0.264 e. The Bertz CT molecular complexity index is 1660. The predicted molar refractivity (Wildman–Crippen MR) is 175 cm³/mol. The molecule has 0 spiro atoms. The molecule has 45 heavy (non-hydrogen) atoms. The first-order valence-electron chi connectivity index (χ1n) is 14.6. The van der Waals surface area contributed by atoms with Gasteiger partial charge in [-0.15, -0.1) is 0 Å². The van der Waals surface area contributed by atoms with E-state index in [2.05, 4.69) is 5.32 Å². The molecule has 0 aliphatic carbocycles. The summed E-state index contributed by atoms with van der Waals surface area (Å²) in [6, 6.07) is 29.9. The topological polar surface area (TPSA) is 105 Å². The lowest BCUT2D eigenvalue weighted by molar-refractivity contribution is -0.140. The molecule has 0 bridgehead atoms. The van der Waals surface area contributed by atoms with Gasteiger partial charge in [0.15, 0.2) is 0 Å². The van der Waals surface area contributed by atoms with Crippen molar-refractivity contribution in [2.75, 3.05) is 25.1 Å².